The highest BCUT2D eigenvalue weighted by atomic mass is 19.1. The number of carbonyl (C=O) groups is 3. The van der Waals surface area contributed by atoms with E-state index in [9.17, 15) is 18.8 Å². The van der Waals surface area contributed by atoms with Crippen LogP contribution in [0.5, 0.6) is 0 Å². The molecule has 5 nitrogen and oxygen atoms in total. The van der Waals surface area contributed by atoms with Crippen LogP contribution in [0.2, 0.25) is 0 Å². The van der Waals surface area contributed by atoms with E-state index in [-0.39, 0.29) is 25.2 Å². The van der Waals surface area contributed by atoms with Crippen LogP contribution in [-0.2, 0) is 20.9 Å². The smallest absolute Gasteiger partial charge is 0.306 e. The van der Waals surface area contributed by atoms with Gasteiger partial charge < -0.3 is 10.1 Å². The molecule has 0 atom stereocenters. The van der Waals surface area contributed by atoms with Crippen LogP contribution >= 0.6 is 0 Å². The Balaban J connectivity index is 1.71. The van der Waals surface area contributed by atoms with Gasteiger partial charge in [-0.05, 0) is 37.1 Å². The van der Waals surface area contributed by atoms with E-state index in [1.807, 2.05) is 19.9 Å². The van der Waals surface area contributed by atoms with Gasteiger partial charge in [0.1, 0.15) is 5.82 Å². The standard InChI is InChI=1S/C21H22FNO4/c1-14-7-8-16(11-15(14)2)19(24)9-10-21(26)27-13-20(25)23-12-17-5-3-4-6-18(17)22/h3-8,11H,9-10,12-13H2,1-2H3,(H,23,25). The van der Waals surface area contributed by atoms with Crippen LogP contribution in [0, 0.1) is 19.7 Å². The van der Waals surface area contributed by atoms with Crippen LogP contribution in [-0.4, -0.2) is 24.3 Å². The molecule has 0 saturated heterocycles. The summed E-state index contributed by atoms with van der Waals surface area (Å²) in [4.78, 5) is 35.5. The van der Waals surface area contributed by atoms with Gasteiger partial charge in [0.15, 0.2) is 12.4 Å². The van der Waals surface area contributed by atoms with E-state index in [1.165, 1.54) is 6.07 Å². The van der Waals surface area contributed by atoms with Gasteiger partial charge in [-0.2, -0.15) is 0 Å². The average molecular weight is 371 g/mol. The molecule has 0 saturated carbocycles. The maximum Gasteiger partial charge on any atom is 0.306 e. The minimum atomic E-state index is -0.631. The maximum atomic E-state index is 13.4. The second-order valence-electron chi connectivity index (χ2n) is 6.25. The summed E-state index contributed by atoms with van der Waals surface area (Å²) in [6.45, 7) is 3.41. The zero-order valence-corrected chi connectivity index (χ0v) is 15.4. The van der Waals surface area contributed by atoms with Crippen molar-refractivity contribution in [1.82, 2.24) is 5.32 Å². The predicted molar refractivity (Wildman–Crippen MR) is 98.7 cm³/mol. The number of hydrogen-bond donors (Lipinski definition) is 1. The molecular formula is C21H22FNO4. The highest BCUT2D eigenvalue weighted by molar-refractivity contribution is 5.97. The predicted octanol–water partition coefficient (Wildman–Crippen LogP) is 3.27. The lowest BCUT2D eigenvalue weighted by Gasteiger charge is -2.08. The van der Waals surface area contributed by atoms with E-state index in [0.717, 1.165) is 11.1 Å². The highest BCUT2D eigenvalue weighted by Gasteiger charge is 2.13. The molecule has 0 aliphatic rings. The lowest BCUT2D eigenvalue weighted by Crippen LogP contribution is -2.28. The molecule has 142 valence electrons. The van der Waals surface area contributed by atoms with Crippen LogP contribution in [0.1, 0.15) is 39.9 Å². The number of ether oxygens (including phenoxy) is 1. The molecule has 2 aromatic carbocycles. The number of hydrogen-bond acceptors (Lipinski definition) is 4. The average Bonchev–Trinajstić information content (AvgIpc) is 2.65. The molecular weight excluding hydrogens is 349 g/mol. The fourth-order valence-corrected chi connectivity index (χ4v) is 2.38. The molecule has 0 aliphatic heterocycles. The highest BCUT2D eigenvalue weighted by Crippen LogP contribution is 2.12. The molecule has 0 heterocycles. The molecule has 0 unspecified atom stereocenters. The van der Waals surface area contributed by atoms with E-state index in [1.54, 1.807) is 30.3 Å². The van der Waals surface area contributed by atoms with Crippen molar-refractivity contribution >= 4 is 17.7 Å². The lowest BCUT2D eigenvalue weighted by molar-refractivity contribution is -0.148. The second kappa shape index (κ2) is 9.62. The zero-order chi connectivity index (χ0) is 19.8. The Hall–Kier alpha value is -3.02. The number of nitrogens with one attached hydrogen (secondary N) is 1. The number of amides is 1. The first-order valence-electron chi connectivity index (χ1n) is 8.63. The summed E-state index contributed by atoms with van der Waals surface area (Å²) in [6.07, 6.45) is -0.0927. The number of Topliss-reactive ketones (excluding diaryl/α,β-unsaturated/α-hetero) is 1. The molecule has 0 aromatic heterocycles. The third kappa shape index (κ3) is 6.33. The van der Waals surface area contributed by atoms with Crippen molar-refractivity contribution in [2.45, 2.75) is 33.2 Å². The molecule has 0 spiro atoms. The molecule has 2 aromatic rings. The Morgan fingerprint density at radius 2 is 1.74 bits per heavy atom. The fraction of sp³-hybridized carbons (Fsp3) is 0.286. The van der Waals surface area contributed by atoms with Crippen molar-refractivity contribution in [3.05, 3.63) is 70.5 Å². The van der Waals surface area contributed by atoms with E-state index in [0.29, 0.717) is 11.1 Å². The van der Waals surface area contributed by atoms with Gasteiger partial charge in [-0.3, -0.25) is 14.4 Å². The second-order valence-corrected chi connectivity index (χ2v) is 6.25. The van der Waals surface area contributed by atoms with Gasteiger partial charge in [0, 0.05) is 24.1 Å². The number of benzene rings is 2. The topological polar surface area (TPSA) is 72.5 Å². The Labute approximate surface area is 157 Å². The SMILES string of the molecule is Cc1ccc(C(=O)CCC(=O)OCC(=O)NCc2ccccc2F)cc1C. The largest absolute Gasteiger partial charge is 0.456 e. The molecule has 2 rings (SSSR count). The number of esters is 1. The lowest BCUT2D eigenvalue weighted by atomic mass is 10.0. The van der Waals surface area contributed by atoms with Gasteiger partial charge in [-0.15, -0.1) is 0 Å². The Morgan fingerprint density at radius 3 is 2.44 bits per heavy atom. The van der Waals surface area contributed by atoms with E-state index < -0.39 is 24.3 Å². The number of rotatable bonds is 8. The molecule has 0 aliphatic carbocycles. The monoisotopic (exact) mass is 371 g/mol. The Morgan fingerprint density at radius 1 is 1.00 bits per heavy atom. The molecule has 1 amide bonds. The summed E-state index contributed by atoms with van der Waals surface area (Å²) in [5.74, 6) is -1.74. The van der Waals surface area contributed by atoms with E-state index >= 15 is 0 Å². The summed E-state index contributed by atoms with van der Waals surface area (Å²) in [6, 6.07) is 11.5. The van der Waals surface area contributed by atoms with Gasteiger partial charge in [-0.25, -0.2) is 4.39 Å². The summed E-state index contributed by atoms with van der Waals surface area (Å²) < 4.78 is 18.3. The molecule has 0 bridgehead atoms. The van der Waals surface area contributed by atoms with E-state index in [4.69, 9.17) is 4.74 Å². The number of halogens is 1. The maximum absolute atomic E-state index is 13.4. The molecule has 27 heavy (non-hydrogen) atoms. The molecule has 1 N–H and O–H groups in total. The van der Waals surface area contributed by atoms with Crippen LogP contribution in [0.3, 0.4) is 0 Å². The Bertz CT molecular complexity index is 848. The zero-order valence-electron chi connectivity index (χ0n) is 15.4. The number of ketones is 1. The van der Waals surface area contributed by atoms with Crippen molar-refractivity contribution in [3.8, 4) is 0 Å². The van der Waals surface area contributed by atoms with E-state index in [2.05, 4.69) is 5.32 Å². The number of aryl methyl sites for hydroxylation is 2. The first kappa shape index (κ1) is 20.3. The summed E-state index contributed by atoms with van der Waals surface area (Å²) in [5, 5.41) is 2.47. The van der Waals surface area contributed by atoms with Gasteiger partial charge >= 0.3 is 5.97 Å². The van der Waals surface area contributed by atoms with Gasteiger partial charge in [0.25, 0.3) is 5.91 Å². The third-order valence-electron chi connectivity index (χ3n) is 4.18. The van der Waals surface area contributed by atoms with Crippen molar-refractivity contribution in [2.24, 2.45) is 0 Å². The van der Waals surface area contributed by atoms with Gasteiger partial charge in [0.2, 0.25) is 0 Å². The van der Waals surface area contributed by atoms with Crippen LogP contribution in [0.25, 0.3) is 0 Å². The van der Waals surface area contributed by atoms with Crippen LogP contribution in [0.15, 0.2) is 42.5 Å². The molecule has 0 fully saturated rings. The summed E-state index contributed by atoms with van der Waals surface area (Å²) in [5.41, 5.74) is 2.99. The minimum absolute atomic E-state index is 0.00825. The van der Waals surface area contributed by atoms with Crippen molar-refractivity contribution in [3.63, 3.8) is 0 Å². The first-order valence-corrected chi connectivity index (χ1v) is 8.63. The van der Waals surface area contributed by atoms with Gasteiger partial charge in [-0.1, -0.05) is 30.3 Å². The molecule has 6 heteroatoms. The van der Waals surface area contributed by atoms with Crippen molar-refractivity contribution in [2.75, 3.05) is 6.61 Å². The van der Waals surface area contributed by atoms with Crippen molar-refractivity contribution < 1.29 is 23.5 Å². The summed E-state index contributed by atoms with van der Waals surface area (Å²) >= 11 is 0. The van der Waals surface area contributed by atoms with Crippen molar-refractivity contribution in [1.29, 1.82) is 0 Å². The van der Waals surface area contributed by atoms with Gasteiger partial charge in [0.05, 0.1) is 6.42 Å². The minimum Gasteiger partial charge on any atom is -0.456 e. The van der Waals surface area contributed by atoms with Crippen LogP contribution in [0.4, 0.5) is 4.39 Å². The van der Waals surface area contributed by atoms with Crippen LogP contribution < -0.4 is 5.32 Å². The summed E-state index contributed by atoms with van der Waals surface area (Å²) in [7, 11) is 0. The quantitative estimate of drug-likeness (QED) is 0.571. The first-order chi connectivity index (χ1) is 12.9. The molecule has 0 radical (unpaired) electrons. The number of carbonyl (C=O) groups excluding carboxylic acids is 3. The fourth-order valence-electron chi connectivity index (χ4n) is 2.38. The third-order valence-corrected chi connectivity index (χ3v) is 4.18. The Kier molecular flexibility index (Phi) is 7.23. The normalized spacial score (nSPS) is 10.3.